The average Bonchev–Trinajstić information content (AvgIpc) is 3.41. The normalized spacial score (nSPS) is 32.4. The van der Waals surface area contributed by atoms with Crippen molar-refractivity contribution in [2.24, 2.45) is 46.3 Å². The van der Waals surface area contributed by atoms with Crippen LogP contribution >= 0.6 is 0 Å². The minimum Gasteiger partial charge on any atom is -0.482 e. The predicted octanol–water partition coefficient (Wildman–Crippen LogP) is 10.3. The smallest absolute Gasteiger partial charge is 0.344 e. The van der Waals surface area contributed by atoms with E-state index < -0.39 is 0 Å². The summed E-state index contributed by atoms with van der Waals surface area (Å²) in [5, 5.41) is 2.23. The first kappa shape index (κ1) is 32.5. The summed E-state index contributed by atoms with van der Waals surface area (Å²) in [6.45, 7) is 12.3. The third kappa shape index (κ3) is 5.95. The van der Waals surface area contributed by atoms with Crippen molar-refractivity contribution in [1.29, 1.82) is 0 Å². The SMILES string of the molecule is CC(C)CCCC(C)C1CCC2C3CC=C4CC(OC(=O)COc5ccc6c(c5)oc(=O)c5ccccc56)CCC4(C)C3CCC12C. The lowest BCUT2D eigenvalue weighted by molar-refractivity contribution is -0.153. The molecule has 47 heavy (non-hydrogen) atoms. The van der Waals surface area contributed by atoms with Gasteiger partial charge in [-0.2, -0.15) is 0 Å². The van der Waals surface area contributed by atoms with E-state index in [1.165, 1.54) is 56.9 Å². The zero-order valence-corrected chi connectivity index (χ0v) is 29.2. The van der Waals surface area contributed by atoms with Crippen molar-refractivity contribution < 1.29 is 18.7 Å². The molecule has 0 radical (unpaired) electrons. The number of ether oxygens (including phenoxy) is 2. The molecule has 7 rings (SSSR count). The highest BCUT2D eigenvalue weighted by atomic mass is 16.6. The van der Waals surface area contributed by atoms with Crippen LogP contribution in [-0.2, 0) is 9.53 Å². The Morgan fingerprint density at radius 3 is 2.55 bits per heavy atom. The van der Waals surface area contributed by atoms with E-state index in [1.807, 2.05) is 30.3 Å². The van der Waals surface area contributed by atoms with E-state index in [4.69, 9.17) is 13.9 Å². The highest BCUT2D eigenvalue weighted by Gasteiger charge is 2.59. The van der Waals surface area contributed by atoms with E-state index in [-0.39, 0.29) is 29.7 Å². The van der Waals surface area contributed by atoms with Gasteiger partial charge in [-0.15, -0.1) is 0 Å². The summed E-state index contributed by atoms with van der Waals surface area (Å²) in [5.41, 5.74) is 2.32. The zero-order chi connectivity index (χ0) is 32.9. The first-order valence-corrected chi connectivity index (χ1v) is 18.5. The van der Waals surface area contributed by atoms with Crippen LogP contribution in [0.3, 0.4) is 0 Å². The minimum atomic E-state index is -0.380. The Morgan fingerprint density at radius 2 is 1.74 bits per heavy atom. The number of esters is 1. The Balaban J connectivity index is 0.961. The highest BCUT2D eigenvalue weighted by Crippen LogP contribution is 2.67. The molecule has 252 valence electrons. The molecule has 0 bridgehead atoms. The van der Waals surface area contributed by atoms with Gasteiger partial charge in [0.15, 0.2) is 6.61 Å². The molecule has 1 heterocycles. The van der Waals surface area contributed by atoms with Crippen LogP contribution < -0.4 is 10.4 Å². The molecular formula is C42H54O5. The van der Waals surface area contributed by atoms with Crippen LogP contribution in [0.25, 0.3) is 21.7 Å². The number of benzene rings is 2. The molecule has 3 aromatic rings. The fourth-order valence-corrected chi connectivity index (χ4v) is 11.1. The van der Waals surface area contributed by atoms with Gasteiger partial charge in [-0.05, 0) is 115 Å². The summed E-state index contributed by atoms with van der Waals surface area (Å²) in [6, 6.07) is 12.8. The number of hydrogen-bond donors (Lipinski definition) is 0. The summed E-state index contributed by atoms with van der Waals surface area (Å²) in [4.78, 5) is 25.4. The molecule has 8 unspecified atom stereocenters. The lowest BCUT2D eigenvalue weighted by atomic mass is 9.47. The zero-order valence-electron chi connectivity index (χ0n) is 29.2. The molecule has 0 saturated heterocycles. The van der Waals surface area contributed by atoms with Crippen LogP contribution in [0.1, 0.15) is 105 Å². The molecule has 3 saturated carbocycles. The average molecular weight is 639 g/mol. The summed E-state index contributed by atoms with van der Waals surface area (Å²) in [7, 11) is 0. The van der Waals surface area contributed by atoms with Crippen molar-refractivity contribution in [2.75, 3.05) is 6.61 Å². The number of allylic oxidation sites excluding steroid dienone is 1. The lowest BCUT2D eigenvalue weighted by Gasteiger charge is -2.58. The monoisotopic (exact) mass is 638 g/mol. The van der Waals surface area contributed by atoms with E-state index in [0.29, 0.717) is 22.1 Å². The molecule has 5 nitrogen and oxygen atoms in total. The van der Waals surface area contributed by atoms with Gasteiger partial charge in [0.1, 0.15) is 17.4 Å². The fourth-order valence-electron chi connectivity index (χ4n) is 11.1. The maximum atomic E-state index is 12.9. The summed E-state index contributed by atoms with van der Waals surface area (Å²) in [6.07, 6.45) is 16.2. The van der Waals surface area contributed by atoms with Gasteiger partial charge in [-0.1, -0.05) is 83.7 Å². The molecule has 2 aromatic carbocycles. The van der Waals surface area contributed by atoms with Crippen LogP contribution in [0.2, 0.25) is 0 Å². The predicted molar refractivity (Wildman–Crippen MR) is 188 cm³/mol. The number of rotatable bonds is 9. The number of carbonyl (C=O) groups is 1. The molecule has 3 fully saturated rings. The van der Waals surface area contributed by atoms with E-state index in [0.717, 1.165) is 65.5 Å². The van der Waals surface area contributed by atoms with Gasteiger partial charge < -0.3 is 13.9 Å². The maximum Gasteiger partial charge on any atom is 0.344 e. The second kappa shape index (κ2) is 12.7. The van der Waals surface area contributed by atoms with Crippen molar-refractivity contribution >= 4 is 27.7 Å². The second-order valence-corrected chi connectivity index (χ2v) is 16.5. The summed E-state index contributed by atoms with van der Waals surface area (Å²) >= 11 is 0. The minimum absolute atomic E-state index is 0.0978. The van der Waals surface area contributed by atoms with Crippen LogP contribution in [-0.4, -0.2) is 18.7 Å². The van der Waals surface area contributed by atoms with Crippen LogP contribution in [0.4, 0.5) is 0 Å². The van der Waals surface area contributed by atoms with E-state index in [1.54, 1.807) is 12.1 Å². The first-order chi connectivity index (χ1) is 22.6. The summed E-state index contributed by atoms with van der Waals surface area (Å²) < 4.78 is 17.4. The molecule has 4 aliphatic carbocycles. The van der Waals surface area contributed by atoms with Crippen molar-refractivity contribution in [1.82, 2.24) is 0 Å². The molecular weight excluding hydrogens is 584 g/mol. The van der Waals surface area contributed by atoms with E-state index in [2.05, 4.69) is 40.7 Å². The Kier molecular flexibility index (Phi) is 8.81. The molecule has 4 aliphatic rings. The van der Waals surface area contributed by atoms with E-state index in [9.17, 15) is 9.59 Å². The fraction of sp³-hybridized carbons (Fsp3) is 0.619. The molecule has 8 atom stereocenters. The van der Waals surface area contributed by atoms with Gasteiger partial charge in [0.25, 0.3) is 0 Å². The van der Waals surface area contributed by atoms with Crippen molar-refractivity contribution in [3.8, 4) is 5.75 Å². The molecule has 0 amide bonds. The van der Waals surface area contributed by atoms with Crippen molar-refractivity contribution in [3.63, 3.8) is 0 Å². The highest BCUT2D eigenvalue weighted by molar-refractivity contribution is 6.04. The van der Waals surface area contributed by atoms with Gasteiger partial charge >= 0.3 is 11.6 Å². The van der Waals surface area contributed by atoms with Gasteiger partial charge in [-0.25, -0.2) is 9.59 Å². The Bertz CT molecular complexity index is 1720. The lowest BCUT2D eigenvalue weighted by Crippen LogP contribution is -2.51. The quantitative estimate of drug-likeness (QED) is 0.101. The summed E-state index contributed by atoms with van der Waals surface area (Å²) in [5.74, 6) is 5.06. The molecule has 0 spiro atoms. The van der Waals surface area contributed by atoms with Gasteiger partial charge in [0.05, 0.1) is 5.39 Å². The van der Waals surface area contributed by atoms with Crippen LogP contribution in [0.15, 0.2) is 63.3 Å². The van der Waals surface area contributed by atoms with Crippen LogP contribution in [0, 0.1) is 46.3 Å². The molecule has 0 aliphatic heterocycles. The number of hydrogen-bond acceptors (Lipinski definition) is 5. The van der Waals surface area contributed by atoms with Gasteiger partial charge in [-0.3, -0.25) is 0 Å². The van der Waals surface area contributed by atoms with Crippen LogP contribution in [0.5, 0.6) is 5.75 Å². The Hall–Kier alpha value is -3.08. The van der Waals surface area contributed by atoms with Gasteiger partial charge in [0.2, 0.25) is 0 Å². The third-order valence-electron chi connectivity index (χ3n) is 13.5. The third-order valence-corrected chi connectivity index (χ3v) is 13.5. The number of fused-ring (bicyclic) bond motifs is 8. The largest absolute Gasteiger partial charge is 0.482 e. The van der Waals surface area contributed by atoms with Gasteiger partial charge in [0, 0.05) is 17.9 Å². The number of carbonyl (C=O) groups excluding carboxylic acids is 1. The molecule has 0 N–H and O–H groups in total. The second-order valence-electron chi connectivity index (χ2n) is 16.5. The maximum absolute atomic E-state index is 12.9. The topological polar surface area (TPSA) is 65.7 Å². The standard InChI is InChI=1S/C42H54O5/c1-26(2)9-8-10-27(3)35-17-18-36-34-15-13-28-23-30(19-21-41(28,4)37(34)20-22-42(35,36)5)46-39(43)25-45-29-14-16-32-31-11-6-7-12-33(31)40(44)47-38(32)24-29/h6-7,11-14,16,24,26-27,30,34-37H,8-10,15,17-23,25H2,1-5H3. The first-order valence-electron chi connectivity index (χ1n) is 18.5. The van der Waals surface area contributed by atoms with Crippen molar-refractivity contribution in [2.45, 2.75) is 111 Å². The Labute approximate surface area is 280 Å². The van der Waals surface area contributed by atoms with Crippen molar-refractivity contribution in [3.05, 3.63) is 64.5 Å². The van der Waals surface area contributed by atoms with E-state index >= 15 is 0 Å². The molecule has 1 aromatic heterocycles. The Morgan fingerprint density at radius 1 is 0.936 bits per heavy atom. The molecule has 5 heteroatoms.